The SMILES string of the molecule is CC(=CCOC(=O)C(C)(C)C)CCC=C(C)CCC(Br)C(C)(C)O. The van der Waals surface area contributed by atoms with Gasteiger partial charge in [-0.25, -0.2) is 0 Å². The van der Waals surface area contributed by atoms with Crippen LogP contribution in [0.15, 0.2) is 23.3 Å². The van der Waals surface area contributed by atoms with Crippen LogP contribution in [0, 0.1) is 5.41 Å². The minimum atomic E-state index is -0.690. The summed E-state index contributed by atoms with van der Waals surface area (Å²) in [5, 5.41) is 9.91. The Hall–Kier alpha value is -0.610. The minimum absolute atomic E-state index is 0.104. The molecule has 0 spiro atoms. The van der Waals surface area contributed by atoms with E-state index in [1.807, 2.05) is 40.7 Å². The number of carbonyl (C=O) groups is 1. The Kier molecular flexibility index (Phi) is 10.1. The van der Waals surface area contributed by atoms with E-state index in [1.54, 1.807) is 0 Å². The van der Waals surface area contributed by atoms with Crippen LogP contribution in [0.25, 0.3) is 0 Å². The van der Waals surface area contributed by atoms with Crippen molar-refractivity contribution in [3.8, 4) is 0 Å². The molecule has 0 bridgehead atoms. The fourth-order valence-electron chi connectivity index (χ4n) is 1.93. The third-order valence-corrected chi connectivity index (χ3v) is 5.43. The number of hydrogen-bond acceptors (Lipinski definition) is 3. The number of hydrogen-bond donors (Lipinski definition) is 1. The molecule has 0 amide bonds. The Morgan fingerprint density at radius 1 is 1.08 bits per heavy atom. The highest BCUT2D eigenvalue weighted by Crippen LogP contribution is 2.24. The van der Waals surface area contributed by atoms with Gasteiger partial charge in [0.2, 0.25) is 0 Å². The predicted octanol–water partition coefficient (Wildman–Crippen LogP) is 5.56. The summed E-state index contributed by atoms with van der Waals surface area (Å²) in [6.07, 6.45) is 8.08. The van der Waals surface area contributed by atoms with Crippen LogP contribution < -0.4 is 0 Å². The number of ether oxygens (including phenoxy) is 1. The normalized spacial score (nSPS) is 15.4. The molecule has 1 N–H and O–H groups in total. The molecule has 4 heteroatoms. The monoisotopic (exact) mass is 402 g/mol. The molecule has 0 aliphatic heterocycles. The van der Waals surface area contributed by atoms with Crippen molar-refractivity contribution in [3.05, 3.63) is 23.3 Å². The van der Waals surface area contributed by atoms with Crippen LogP contribution in [0.4, 0.5) is 0 Å². The first-order valence-corrected chi connectivity index (χ1v) is 9.60. The summed E-state index contributed by atoms with van der Waals surface area (Å²) in [6.45, 7) is 13.8. The zero-order valence-corrected chi connectivity index (χ0v) is 18.0. The molecular weight excluding hydrogens is 368 g/mol. The largest absolute Gasteiger partial charge is 0.461 e. The second kappa shape index (κ2) is 10.4. The van der Waals surface area contributed by atoms with Crippen molar-refractivity contribution in [2.45, 2.75) is 84.6 Å². The molecule has 0 fully saturated rings. The molecule has 1 unspecified atom stereocenters. The van der Waals surface area contributed by atoms with Crippen molar-refractivity contribution in [3.63, 3.8) is 0 Å². The van der Waals surface area contributed by atoms with Gasteiger partial charge in [0.1, 0.15) is 6.61 Å². The Morgan fingerprint density at radius 2 is 1.62 bits per heavy atom. The molecule has 0 radical (unpaired) electrons. The molecule has 0 aromatic carbocycles. The number of halogens is 1. The first-order chi connectivity index (χ1) is 10.8. The van der Waals surface area contributed by atoms with Gasteiger partial charge in [-0.15, -0.1) is 0 Å². The molecule has 0 aliphatic rings. The van der Waals surface area contributed by atoms with Crippen LogP contribution in [0.1, 0.15) is 74.1 Å². The fourth-order valence-corrected chi connectivity index (χ4v) is 2.16. The van der Waals surface area contributed by atoms with Gasteiger partial charge in [-0.3, -0.25) is 4.79 Å². The first-order valence-electron chi connectivity index (χ1n) is 8.69. The number of allylic oxidation sites excluding steroid dienone is 3. The van der Waals surface area contributed by atoms with E-state index < -0.39 is 11.0 Å². The Labute approximate surface area is 156 Å². The highest BCUT2D eigenvalue weighted by Gasteiger charge is 2.23. The summed E-state index contributed by atoms with van der Waals surface area (Å²) in [5.74, 6) is -0.168. The van der Waals surface area contributed by atoms with E-state index in [1.165, 1.54) is 11.1 Å². The van der Waals surface area contributed by atoms with Gasteiger partial charge in [0.15, 0.2) is 0 Å². The lowest BCUT2D eigenvalue weighted by Gasteiger charge is -2.24. The second-order valence-corrected chi connectivity index (χ2v) is 9.25. The molecule has 0 aromatic rings. The van der Waals surface area contributed by atoms with E-state index >= 15 is 0 Å². The zero-order chi connectivity index (χ0) is 19.0. The lowest BCUT2D eigenvalue weighted by molar-refractivity contribution is -0.151. The summed E-state index contributed by atoms with van der Waals surface area (Å²) in [7, 11) is 0. The maximum Gasteiger partial charge on any atom is 0.311 e. The zero-order valence-electron chi connectivity index (χ0n) is 16.4. The van der Waals surface area contributed by atoms with E-state index in [0.717, 1.165) is 25.7 Å². The van der Waals surface area contributed by atoms with Gasteiger partial charge in [0.05, 0.1) is 11.0 Å². The molecule has 0 rings (SSSR count). The van der Waals surface area contributed by atoms with Crippen molar-refractivity contribution in [2.75, 3.05) is 6.61 Å². The predicted molar refractivity (Wildman–Crippen MR) is 105 cm³/mol. The van der Waals surface area contributed by atoms with Gasteiger partial charge < -0.3 is 9.84 Å². The van der Waals surface area contributed by atoms with Crippen LogP contribution >= 0.6 is 15.9 Å². The molecule has 0 aromatic heterocycles. The van der Waals surface area contributed by atoms with E-state index in [4.69, 9.17) is 4.74 Å². The quantitative estimate of drug-likeness (QED) is 0.311. The van der Waals surface area contributed by atoms with Crippen LogP contribution in [-0.2, 0) is 9.53 Å². The van der Waals surface area contributed by atoms with E-state index in [2.05, 4.69) is 35.9 Å². The van der Waals surface area contributed by atoms with Gasteiger partial charge >= 0.3 is 5.97 Å². The molecule has 0 heterocycles. The standard InChI is InChI=1S/C20H35BrO3/c1-15(11-12-17(21)20(6,7)23)9-8-10-16(2)13-14-24-18(22)19(3,4)5/h9,13,17,23H,8,10-12,14H2,1-7H3. The third kappa shape index (κ3) is 11.0. The molecule has 0 saturated heterocycles. The molecule has 24 heavy (non-hydrogen) atoms. The number of aliphatic hydroxyl groups is 1. The second-order valence-electron chi connectivity index (χ2n) is 8.15. The lowest BCUT2D eigenvalue weighted by Crippen LogP contribution is -2.31. The van der Waals surface area contributed by atoms with Crippen molar-refractivity contribution in [2.24, 2.45) is 5.41 Å². The number of carbonyl (C=O) groups excluding carboxylic acids is 1. The first kappa shape index (κ1) is 23.4. The molecular formula is C20H35BrO3. The Balaban J connectivity index is 4.11. The maximum absolute atomic E-state index is 11.7. The topological polar surface area (TPSA) is 46.5 Å². The molecule has 3 nitrogen and oxygen atoms in total. The van der Waals surface area contributed by atoms with Crippen LogP contribution in [0.3, 0.4) is 0 Å². The van der Waals surface area contributed by atoms with Gasteiger partial charge in [-0.1, -0.05) is 33.2 Å². The summed E-state index contributed by atoms with van der Waals surface area (Å²) >= 11 is 3.54. The summed E-state index contributed by atoms with van der Waals surface area (Å²) in [6, 6.07) is 0. The smallest absolute Gasteiger partial charge is 0.311 e. The van der Waals surface area contributed by atoms with Gasteiger partial charge in [0.25, 0.3) is 0 Å². The van der Waals surface area contributed by atoms with Crippen molar-refractivity contribution < 1.29 is 14.6 Å². The van der Waals surface area contributed by atoms with Crippen molar-refractivity contribution >= 4 is 21.9 Å². The minimum Gasteiger partial charge on any atom is -0.461 e. The van der Waals surface area contributed by atoms with Crippen molar-refractivity contribution in [1.82, 2.24) is 0 Å². The van der Waals surface area contributed by atoms with Gasteiger partial charge in [-0.05, 0) is 80.2 Å². The highest BCUT2D eigenvalue weighted by atomic mass is 79.9. The summed E-state index contributed by atoms with van der Waals surface area (Å²) in [4.78, 5) is 11.8. The number of esters is 1. The summed E-state index contributed by atoms with van der Waals surface area (Å²) < 4.78 is 5.24. The Morgan fingerprint density at radius 3 is 2.12 bits per heavy atom. The van der Waals surface area contributed by atoms with Gasteiger partial charge in [0, 0.05) is 4.83 Å². The number of rotatable bonds is 9. The van der Waals surface area contributed by atoms with E-state index in [-0.39, 0.29) is 10.8 Å². The molecule has 1 atom stereocenters. The summed E-state index contributed by atoms with van der Waals surface area (Å²) in [5.41, 5.74) is 1.44. The molecule has 0 aliphatic carbocycles. The van der Waals surface area contributed by atoms with Crippen LogP contribution in [-0.4, -0.2) is 28.1 Å². The van der Waals surface area contributed by atoms with E-state index in [9.17, 15) is 9.90 Å². The average molecular weight is 403 g/mol. The molecule has 140 valence electrons. The highest BCUT2D eigenvalue weighted by molar-refractivity contribution is 9.09. The molecule has 0 saturated carbocycles. The maximum atomic E-state index is 11.7. The average Bonchev–Trinajstić information content (AvgIpc) is 2.42. The van der Waals surface area contributed by atoms with Crippen LogP contribution in [0.5, 0.6) is 0 Å². The number of alkyl halides is 1. The van der Waals surface area contributed by atoms with Gasteiger partial charge in [-0.2, -0.15) is 0 Å². The Bertz CT molecular complexity index is 450. The van der Waals surface area contributed by atoms with Crippen LogP contribution in [0.2, 0.25) is 0 Å². The van der Waals surface area contributed by atoms with E-state index in [0.29, 0.717) is 6.61 Å². The third-order valence-electron chi connectivity index (χ3n) is 3.85. The van der Waals surface area contributed by atoms with Crippen molar-refractivity contribution in [1.29, 1.82) is 0 Å². The fraction of sp³-hybridized carbons (Fsp3) is 0.750. The lowest BCUT2D eigenvalue weighted by atomic mass is 9.97.